The maximum absolute atomic E-state index is 11.9. The summed E-state index contributed by atoms with van der Waals surface area (Å²) in [4.78, 5) is 13.8. The Balaban J connectivity index is 1.82. The van der Waals surface area contributed by atoms with Crippen LogP contribution in [0.1, 0.15) is 11.3 Å². The van der Waals surface area contributed by atoms with E-state index in [2.05, 4.69) is 10.5 Å². The summed E-state index contributed by atoms with van der Waals surface area (Å²) in [6.45, 7) is 2.73. The predicted molar refractivity (Wildman–Crippen MR) is 79.2 cm³/mol. The molecular weight excluding hydrogens is 270 g/mol. The largest absolute Gasteiger partial charge is 0.497 e. The molecule has 1 N–H and O–H groups in total. The zero-order chi connectivity index (χ0) is 15.2. The maximum Gasteiger partial charge on any atom is 0.239 e. The molecule has 1 aromatic carbocycles. The van der Waals surface area contributed by atoms with Gasteiger partial charge in [0.05, 0.1) is 13.7 Å². The van der Waals surface area contributed by atoms with E-state index in [-0.39, 0.29) is 12.5 Å². The van der Waals surface area contributed by atoms with E-state index >= 15 is 0 Å². The van der Waals surface area contributed by atoms with Gasteiger partial charge in [-0.1, -0.05) is 17.3 Å². The van der Waals surface area contributed by atoms with E-state index < -0.39 is 0 Å². The van der Waals surface area contributed by atoms with Gasteiger partial charge in [-0.25, -0.2) is 0 Å². The number of amides is 1. The van der Waals surface area contributed by atoms with Crippen LogP contribution in [-0.4, -0.2) is 36.7 Å². The van der Waals surface area contributed by atoms with Crippen molar-refractivity contribution in [3.05, 3.63) is 41.7 Å². The van der Waals surface area contributed by atoms with Crippen molar-refractivity contribution in [2.45, 2.75) is 13.5 Å². The lowest BCUT2D eigenvalue weighted by Crippen LogP contribution is -2.29. The Morgan fingerprint density at radius 2 is 2.10 bits per heavy atom. The van der Waals surface area contributed by atoms with E-state index in [1.54, 1.807) is 20.1 Å². The summed E-state index contributed by atoms with van der Waals surface area (Å²) in [7, 11) is 3.52. The molecule has 0 aliphatic rings. The highest BCUT2D eigenvalue weighted by Crippen LogP contribution is 2.12. The van der Waals surface area contributed by atoms with E-state index in [9.17, 15) is 4.79 Å². The Morgan fingerprint density at radius 1 is 1.38 bits per heavy atom. The SMILES string of the molecule is COc1ccc(CN(C)CC(=O)Nc2cc(C)on2)cc1. The second-order valence-electron chi connectivity index (χ2n) is 4.89. The topological polar surface area (TPSA) is 67.6 Å². The minimum absolute atomic E-state index is 0.126. The van der Waals surface area contributed by atoms with Gasteiger partial charge in [-0.2, -0.15) is 0 Å². The highest BCUT2D eigenvalue weighted by molar-refractivity contribution is 5.91. The fourth-order valence-corrected chi connectivity index (χ4v) is 1.95. The Kier molecular flexibility index (Phi) is 4.94. The third-order valence-corrected chi connectivity index (χ3v) is 2.92. The number of aryl methyl sites for hydroxylation is 1. The van der Waals surface area contributed by atoms with Crippen LogP contribution in [0.5, 0.6) is 5.75 Å². The number of nitrogens with zero attached hydrogens (tertiary/aromatic N) is 2. The van der Waals surface area contributed by atoms with E-state index in [0.29, 0.717) is 18.1 Å². The van der Waals surface area contributed by atoms with Crippen LogP contribution in [0.15, 0.2) is 34.9 Å². The number of hydrogen-bond acceptors (Lipinski definition) is 5. The van der Waals surface area contributed by atoms with Gasteiger partial charge in [0, 0.05) is 12.6 Å². The fourth-order valence-electron chi connectivity index (χ4n) is 1.95. The number of rotatable bonds is 6. The lowest BCUT2D eigenvalue weighted by atomic mass is 10.2. The minimum atomic E-state index is -0.126. The van der Waals surface area contributed by atoms with Crippen LogP contribution < -0.4 is 10.1 Å². The Labute approximate surface area is 123 Å². The quantitative estimate of drug-likeness (QED) is 0.881. The average molecular weight is 289 g/mol. The number of aromatic nitrogens is 1. The standard InChI is InChI=1S/C15H19N3O3/c1-11-8-14(17-21-11)16-15(19)10-18(2)9-12-4-6-13(20-3)7-5-12/h4-8H,9-10H2,1-3H3,(H,16,17,19). The van der Waals surface area contributed by atoms with Crippen molar-refractivity contribution in [2.75, 3.05) is 26.0 Å². The summed E-state index contributed by atoms with van der Waals surface area (Å²) in [6.07, 6.45) is 0. The number of benzene rings is 1. The molecule has 6 nitrogen and oxygen atoms in total. The first-order valence-corrected chi connectivity index (χ1v) is 6.61. The Hall–Kier alpha value is -2.34. The molecule has 0 radical (unpaired) electrons. The molecule has 2 rings (SSSR count). The molecule has 2 aromatic rings. The first kappa shape index (κ1) is 15.1. The van der Waals surface area contributed by atoms with Gasteiger partial charge < -0.3 is 14.6 Å². The lowest BCUT2D eigenvalue weighted by Gasteiger charge is -2.16. The summed E-state index contributed by atoms with van der Waals surface area (Å²) in [6, 6.07) is 9.45. The normalized spacial score (nSPS) is 10.7. The summed E-state index contributed by atoms with van der Waals surface area (Å²) in [5.41, 5.74) is 1.11. The van der Waals surface area contributed by atoms with Gasteiger partial charge in [0.2, 0.25) is 5.91 Å². The third kappa shape index (κ3) is 4.61. The fraction of sp³-hybridized carbons (Fsp3) is 0.333. The number of likely N-dealkylation sites (N-methyl/N-ethyl adjacent to an activating group) is 1. The maximum atomic E-state index is 11.9. The van der Waals surface area contributed by atoms with Gasteiger partial charge in [0.15, 0.2) is 5.82 Å². The Morgan fingerprint density at radius 3 is 2.67 bits per heavy atom. The van der Waals surface area contributed by atoms with Gasteiger partial charge in [0.1, 0.15) is 11.5 Å². The van der Waals surface area contributed by atoms with Gasteiger partial charge in [-0.15, -0.1) is 0 Å². The zero-order valence-electron chi connectivity index (χ0n) is 12.4. The van der Waals surface area contributed by atoms with E-state index in [1.807, 2.05) is 36.2 Å². The molecule has 0 unspecified atom stereocenters. The monoisotopic (exact) mass is 289 g/mol. The summed E-state index contributed by atoms with van der Waals surface area (Å²) >= 11 is 0. The molecule has 0 saturated carbocycles. The first-order valence-electron chi connectivity index (χ1n) is 6.61. The number of anilines is 1. The van der Waals surface area contributed by atoms with Crippen LogP contribution in [0, 0.1) is 6.92 Å². The molecule has 0 aliphatic carbocycles. The summed E-state index contributed by atoms with van der Waals surface area (Å²) in [5, 5.41) is 6.42. The van der Waals surface area contributed by atoms with Gasteiger partial charge in [-0.05, 0) is 31.7 Å². The molecule has 0 aliphatic heterocycles. The molecule has 0 atom stereocenters. The van der Waals surface area contributed by atoms with Crippen LogP contribution in [0.25, 0.3) is 0 Å². The van der Waals surface area contributed by atoms with Crippen molar-refractivity contribution in [2.24, 2.45) is 0 Å². The van der Waals surface area contributed by atoms with Crippen molar-refractivity contribution in [1.29, 1.82) is 0 Å². The Bertz CT molecular complexity index is 592. The highest BCUT2D eigenvalue weighted by Gasteiger charge is 2.09. The molecule has 112 valence electrons. The predicted octanol–water partition coefficient (Wildman–Crippen LogP) is 2.06. The van der Waals surface area contributed by atoms with Crippen molar-refractivity contribution in [1.82, 2.24) is 10.1 Å². The molecule has 1 amide bonds. The van der Waals surface area contributed by atoms with Crippen molar-refractivity contribution in [3.63, 3.8) is 0 Å². The van der Waals surface area contributed by atoms with Crippen LogP contribution >= 0.6 is 0 Å². The number of methoxy groups -OCH3 is 1. The molecule has 6 heteroatoms. The summed E-state index contributed by atoms with van der Waals surface area (Å²) < 4.78 is 10.0. The second kappa shape index (κ2) is 6.90. The highest BCUT2D eigenvalue weighted by atomic mass is 16.5. The molecule has 0 spiro atoms. The van der Waals surface area contributed by atoms with Gasteiger partial charge in [-0.3, -0.25) is 9.69 Å². The lowest BCUT2D eigenvalue weighted by molar-refractivity contribution is -0.117. The minimum Gasteiger partial charge on any atom is -0.497 e. The molecule has 0 fully saturated rings. The molecule has 21 heavy (non-hydrogen) atoms. The number of carbonyl (C=O) groups excluding carboxylic acids is 1. The molecule has 1 aromatic heterocycles. The van der Waals surface area contributed by atoms with Crippen molar-refractivity contribution >= 4 is 11.7 Å². The molecule has 0 saturated heterocycles. The summed E-state index contributed by atoms with van der Waals surface area (Å²) in [5.74, 6) is 1.80. The van der Waals surface area contributed by atoms with E-state index in [4.69, 9.17) is 9.26 Å². The van der Waals surface area contributed by atoms with E-state index in [0.717, 1.165) is 11.3 Å². The van der Waals surface area contributed by atoms with Gasteiger partial charge in [0.25, 0.3) is 0 Å². The first-order chi connectivity index (χ1) is 10.1. The molecule has 0 bridgehead atoms. The second-order valence-corrected chi connectivity index (χ2v) is 4.89. The van der Waals surface area contributed by atoms with E-state index in [1.165, 1.54) is 0 Å². The van der Waals surface area contributed by atoms with Crippen LogP contribution in [0.3, 0.4) is 0 Å². The smallest absolute Gasteiger partial charge is 0.239 e. The molecular formula is C15H19N3O3. The average Bonchev–Trinajstić information content (AvgIpc) is 2.84. The van der Waals surface area contributed by atoms with Crippen molar-refractivity contribution < 1.29 is 14.1 Å². The number of hydrogen-bond donors (Lipinski definition) is 1. The number of ether oxygens (including phenoxy) is 1. The number of nitrogens with one attached hydrogen (secondary N) is 1. The third-order valence-electron chi connectivity index (χ3n) is 2.92. The zero-order valence-corrected chi connectivity index (χ0v) is 12.4. The van der Waals surface area contributed by atoms with Crippen LogP contribution in [-0.2, 0) is 11.3 Å². The molecule has 1 heterocycles. The van der Waals surface area contributed by atoms with Gasteiger partial charge >= 0.3 is 0 Å². The van der Waals surface area contributed by atoms with Crippen LogP contribution in [0.2, 0.25) is 0 Å². The number of carbonyl (C=O) groups is 1. The van der Waals surface area contributed by atoms with Crippen molar-refractivity contribution in [3.8, 4) is 5.75 Å². The van der Waals surface area contributed by atoms with Crippen LogP contribution in [0.4, 0.5) is 5.82 Å².